The Bertz CT molecular complexity index is 1640. The number of hydrogen-bond donors (Lipinski definition) is 0. The van der Waals surface area contributed by atoms with Crippen LogP contribution in [0.1, 0.15) is 66.5 Å². The molecule has 3 aromatic rings. The molecule has 2 saturated heterocycles. The summed E-state index contributed by atoms with van der Waals surface area (Å²) in [6.07, 6.45) is -5.10. The largest absolute Gasteiger partial charge is 0.445 e. The molecule has 0 N–H and O–H groups in total. The first kappa shape index (κ1) is 35.7. The second kappa shape index (κ2) is 14.5. The lowest BCUT2D eigenvalue weighted by molar-refractivity contribution is -0.143. The van der Waals surface area contributed by atoms with Gasteiger partial charge in [0.05, 0.1) is 29.4 Å². The molecule has 0 aromatic heterocycles. The SMILES string of the molecule is Cc1cc([C@@H](C)OC[C@@]2(c3ccccc3)CC[C@]3(CCC(=O)N3COC(=O)N(C)C)CN2C(=O)OCc2ccccc2)cc(C(F)(F)F)c1. The molecule has 5 rings (SSSR count). The summed E-state index contributed by atoms with van der Waals surface area (Å²) in [6.45, 7) is 3.01. The number of carbonyl (C=O) groups is 3. The van der Waals surface area contributed by atoms with Crippen molar-refractivity contribution in [2.24, 2.45) is 0 Å². The molecule has 3 amide bonds. The van der Waals surface area contributed by atoms with E-state index in [-0.39, 0.29) is 38.8 Å². The number of amides is 3. The lowest BCUT2D eigenvalue weighted by atomic mass is 9.73. The molecule has 0 unspecified atom stereocenters. The molecule has 49 heavy (non-hydrogen) atoms. The Hall–Kier alpha value is -4.58. The standard InChI is InChI=1S/C37H42F3N3O6/c1-26-19-29(21-31(20-26)37(38,39)40)27(2)48-24-36(30-13-9-6-10-14-30)18-17-35(16-15-32(44)43(35)25-49-33(45)41(3)4)23-42(36)34(46)47-22-28-11-7-5-8-12-28/h5-14,19-21,27H,15-18,22-25H2,1-4H3/t27-,35-,36-/m1/s1. The summed E-state index contributed by atoms with van der Waals surface area (Å²) in [4.78, 5) is 44.2. The molecule has 0 saturated carbocycles. The maximum absolute atomic E-state index is 14.3. The van der Waals surface area contributed by atoms with E-state index in [1.54, 1.807) is 38.9 Å². The van der Waals surface area contributed by atoms with Gasteiger partial charge in [0.1, 0.15) is 6.61 Å². The predicted octanol–water partition coefficient (Wildman–Crippen LogP) is 7.44. The lowest BCUT2D eigenvalue weighted by Crippen LogP contribution is -2.66. The highest BCUT2D eigenvalue weighted by atomic mass is 19.4. The molecular weight excluding hydrogens is 639 g/mol. The van der Waals surface area contributed by atoms with Gasteiger partial charge in [0.25, 0.3) is 0 Å². The van der Waals surface area contributed by atoms with Crippen LogP contribution in [0.4, 0.5) is 22.8 Å². The molecule has 9 nitrogen and oxygen atoms in total. The summed E-state index contributed by atoms with van der Waals surface area (Å²) < 4.78 is 58.9. The van der Waals surface area contributed by atoms with E-state index in [9.17, 15) is 27.6 Å². The zero-order chi connectivity index (χ0) is 35.4. The first-order valence-electron chi connectivity index (χ1n) is 16.2. The number of ether oxygens (including phenoxy) is 3. The van der Waals surface area contributed by atoms with Crippen LogP contribution in [0.15, 0.2) is 78.9 Å². The highest BCUT2D eigenvalue weighted by molar-refractivity contribution is 5.80. The third-order valence-electron chi connectivity index (χ3n) is 9.54. The van der Waals surface area contributed by atoms with Gasteiger partial charge in [0, 0.05) is 27.1 Å². The Morgan fingerprint density at radius 2 is 1.61 bits per heavy atom. The van der Waals surface area contributed by atoms with E-state index in [1.165, 1.54) is 9.80 Å². The van der Waals surface area contributed by atoms with Crippen molar-refractivity contribution in [1.82, 2.24) is 14.7 Å². The van der Waals surface area contributed by atoms with Crippen LogP contribution in [-0.4, -0.2) is 72.3 Å². The number of rotatable bonds is 9. The lowest BCUT2D eigenvalue weighted by Gasteiger charge is -2.54. The van der Waals surface area contributed by atoms with Gasteiger partial charge in [-0.3, -0.25) is 9.69 Å². The predicted molar refractivity (Wildman–Crippen MR) is 175 cm³/mol. The second-order valence-electron chi connectivity index (χ2n) is 13.1. The van der Waals surface area contributed by atoms with E-state index >= 15 is 0 Å². The Kier molecular flexibility index (Phi) is 10.6. The Morgan fingerprint density at radius 3 is 2.27 bits per heavy atom. The van der Waals surface area contributed by atoms with Crippen LogP contribution in [0, 0.1) is 6.92 Å². The van der Waals surface area contributed by atoms with Gasteiger partial charge in [0.2, 0.25) is 5.91 Å². The second-order valence-corrected chi connectivity index (χ2v) is 13.1. The smallest absolute Gasteiger partial charge is 0.416 e. The zero-order valence-corrected chi connectivity index (χ0v) is 28.2. The molecule has 2 fully saturated rings. The van der Waals surface area contributed by atoms with Crippen molar-refractivity contribution in [2.75, 3.05) is 34.0 Å². The molecule has 0 bridgehead atoms. The van der Waals surface area contributed by atoms with E-state index in [0.29, 0.717) is 30.4 Å². The molecule has 12 heteroatoms. The number of aryl methyl sites for hydroxylation is 1. The summed E-state index contributed by atoms with van der Waals surface area (Å²) in [5, 5.41) is 0. The fourth-order valence-electron chi connectivity index (χ4n) is 6.74. The topological polar surface area (TPSA) is 88.6 Å². The fraction of sp³-hybridized carbons (Fsp3) is 0.432. The maximum atomic E-state index is 14.3. The van der Waals surface area contributed by atoms with Gasteiger partial charge in [-0.1, -0.05) is 72.3 Å². The Balaban J connectivity index is 1.51. The molecule has 2 aliphatic rings. The number of carbonyl (C=O) groups excluding carboxylic acids is 3. The van der Waals surface area contributed by atoms with Crippen molar-refractivity contribution in [1.29, 1.82) is 0 Å². The summed E-state index contributed by atoms with van der Waals surface area (Å²) in [6, 6.07) is 22.4. The van der Waals surface area contributed by atoms with Crippen molar-refractivity contribution in [3.05, 3.63) is 107 Å². The summed E-state index contributed by atoms with van der Waals surface area (Å²) in [7, 11) is 3.09. The summed E-state index contributed by atoms with van der Waals surface area (Å²) in [5.41, 5.74) is -0.376. The van der Waals surface area contributed by atoms with Gasteiger partial charge < -0.3 is 24.0 Å². The quantitative estimate of drug-likeness (QED) is 0.233. The van der Waals surface area contributed by atoms with Crippen LogP contribution in [0.5, 0.6) is 0 Å². The van der Waals surface area contributed by atoms with Gasteiger partial charge in [-0.25, -0.2) is 9.59 Å². The van der Waals surface area contributed by atoms with Gasteiger partial charge in [0.15, 0.2) is 6.73 Å². The highest BCUT2D eigenvalue weighted by Crippen LogP contribution is 2.48. The van der Waals surface area contributed by atoms with Crippen molar-refractivity contribution in [3.8, 4) is 0 Å². The number of hydrogen-bond acceptors (Lipinski definition) is 6. The van der Waals surface area contributed by atoms with E-state index in [1.807, 2.05) is 60.7 Å². The Labute approximate surface area is 284 Å². The van der Waals surface area contributed by atoms with Crippen LogP contribution in [-0.2, 0) is 37.3 Å². The van der Waals surface area contributed by atoms with Gasteiger partial charge in [-0.05, 0) is 61.9 Å². The van der Waals surface area contributed by atoms with E-state index < -0.39 is 41.1 Å². The number of likely N-dealkylation sites (tertiary alicyclic amines) is 2. The van der Waals surface area contributed by atoms with E-state index in [0.717, 1.165) is 23.3 Å². The minimum Gasteiger partial charge on any atom is -0.445 e. The Morgan fingerprint density at radius 1 is 0.939 bits per heavy atom. The summed E-state index contributed by atoms with van der Waals surface area (Å²) in [5.74, 6) is -0.193. The number of nitrogens with zero attached hydrogens (tertiary/aromatic N) is 3. The average molecular weight is 682 g/mol. The molecule has 0 aliphatic carbocycles. The van der Waals surface area contributed by atoms with Crippen LogP contribution in [0.2, 0.25) is 0 Å². The molecule has 1 spiro atoms. The molecule has 0 radical (unpaired) electrons. The van der Waals surface area contributed by atoms with Gasteiger partial charge in [-0.15, -0.1) is 0 Å². The van der Waals surface area contributed by atoms with Crippen molar-refractivity contribution < 1.29 is 41.8 Å². The minimum atomic E-state index is -4.52. The fourth-order valence-corrected chi connectivity index (χ4v) is 6.74. The third kappa shape index (κ3) is 7.85. The number of piperidine rings is 1. The van der Waals surface area contributed by atoms with Crippen LogP contribution in [0.3, 0.4) is 0 Å². The molecular formula is C37H42F3N3O6. The van der Waals surface area contributed by atoms with Crippen molar-refractivity contribution >= 4 is 18.1 Å². The molecule has 3 aromatic carbocycles. The molecule has 2 aliphatic heterocycles. The van der Waals surface area contributed by atoms with Crippen molar-refractivity contribution in [2.45, 2.75) is 69.5 Å². The zero-order valence-electron chi connectivity index (χ0n) is 28.2. The van der Waals surface area contributed by atoms with Crippen LogP contribution < -0.4 is 0 Å². The van der Waals surface area contributed by atoms with Crippen molar-refractivity contribution in [3.63, 3.8) is 0 Å². The van der Waals surface area contributed by atoms with Gasteiger partial charge >= 0.3 is 18.4 Å². The monoisotopic (exact) mass is 681 g/mol. The van der Waals surface area contributed by atoms with E-state index in [4.69, 9.17) is 14.2 Å². The normalized spacial score (nSPS) is 21.5. The number of halogens is 3. The average Bonchev–Trinajstić information content (AvgIpc) is 3.39. The van der Waals surface area contributed by atoms with E-state index in [2.05, 4.69) is 0 Å². The van der Waals surface area contributed by atoms with Crippen LogP contribution in [0.25, 0.3) is 0 Å². The number of benzene rings is 3. The summed E-state index contributed by atoms with van der Waals surface area (Å²) >= 11 is 0. The van der Waals surface area contributed by atoms with Crippen LogP contribution >= 0.6 is 0 Å². The maximum Gasteiger partial charge on any atom is 0.416 e. The number of alkyl halides is 3. The third-order valence-corrected chi connectivity index (χ3v) is 9.54. The molecule has 3 atom stereocenters. The van der Waals surface area contributed by atoms with Gasteiger partial charge in [-0.2, -0.15) is 13.2 Å². The minimum absolute atomic E-state index is 0.00208. The first-order valence-corrected chi connectivity index (χ1v) is 16.2. The highest BCUT2D eigenvalue weighted by Gasteiger charge is 2.57. The first-order chi connectivity index (χ1) is 23.2. The molecule has 262 valence electrons. The molecule has 2 heterocycles.